The minimum Gasteiger partial charge on any atom is -0.444 e. The van der Waals surface area contributed by atoms with Gasteiger partial charge < -0.3 is 14.4 Å². The number of halogens is 1. The molecule has 0 bridgehead atoms. The maximum atomic E-state index is 13.8. The van der Waals surface area contributed by atoms with Gasteiger partial charge in [-0.3, -0.25) is 4.90 Å². The van der Waals surface area contributed by atoms with Gasteiger partial charge in [0.15, 0.2) is 0 Å². The van der Waals surface area contributed by atoms with Crippen LogP contribution < -0.4 is 0 Å². The number of morpholine rings is 1. The molecule has 6 nitrogen and oxygen atoms in total. The van der Waals surface area contributed by atoms with Gasteiger partial charge in [-0.1, -0.05) is 6.07 Å². The van der Waals surface area contributed by atoms with E-state index in [-0.39, 0.29) is 23.8 Å². The van der Waals surface area contributed by atoms with Crippen LogP contribution in [-0.4, -0.2) is 60.3 Å². The van der Waals surface area contributed by atoms with Crippen molar-refractivity contribution in [1.29, 1.82) is 5.26 Å². The second kappa shape index (κ2) is 7.45. The first-order valence-corrected chi connectivity index (χ1v) is 9.22. The molecule has 0 unspecified atom stereocenters. The molecule has 0 radical (unpaired) electrons. The fraction of sp³-hybridized carbons (Fsp3) is 0.600. The molecule has 27 heavy (non-hydrogen) atoms. The van der Waals surface area contributed by atoms with E-state index in [9.17, 15) is 14.4 Å². The van der Waals surface area contributed by atoms with E-state index in [2.05, 4.69) is 4.90 Å². The summed E-state index contributed by atoms with van der Waals surface area (Å²) < 4.78 is 25.3. The van der Waals surface area contributed by atoms with E-state index in [4.69, 9.17) is 9.47 Å². The number of benzene rings is 1. The van der Waals surface area contributed by atoms with Crippen LogP contribution in [0.4, 0.5) is 9.18 Å². The van der Waals surface area contributed by atoms with Gasteiger partial charge in [-0.05, 0) is 44.9 Å². The SMILES string of the molecule is Cc1c([C@H]2CN3CCN(C(=O)OC(C)(C)C)C[C@H]3CO2)ccc(F)c1C#N. The maximum absolute atomic E-state index is 13.8. The third kappa shape index (κ3) is 4.23. The molecule has 0 aliphatic carbocycles. The Kier molecular flexibility index (Phi) is 5.41. The van der Waals surface area contributed by atoms with E-state index >= 15 is 0 Å². The Balaban J connectivity index is 1.67. The summed E-state index contributed by atoms with van der Waals surface area (Å²) in [4.78, 5) is 16.3. The largest absolute Gasteiger partial charge is 0.444 e. The Morgan fingerprint density at radius 2 is 2.07 bits per heavy atom. The molecule has 2 saturated heterocycles. The van der Waals surface area contributed by atoms with Crippen LogP contribution in [0.15, 0.2) is 12.1 Å². The first-order chi connectivity index (χ1) is 12.7. The zero-order valence-corrected chi connectivity index (χ0v) is 16.3. The van der Waals surface area contributed by atoms with Gasteiger partial charge in [0.05, 0.1) is 24.3 Å². The molecule has 3 rings (SSSR count). The van der Waals surface area contributed by atoms with Crippen molar-refractivity contribution in [2.75, 3.05) is 32.8 Å². The molecule has 1 aromatic rings. The number of carbonyl (C=O) groups excluding carboxylic acids is 1. The summed E-state index contributed by atoms with van der Waals surface area (Å²) in [5.41, 5.74) is 1.04. The summed E-state index contributed by atoms with van der Waals surface area (Å²) in [6.07, 6.45) is -0.501. The molecule has 0 spiro atoms. The third-order valence-corrected chi connectivity index (χ3v) is 5.06. The molecule has 2 atom stereocenters. The number of carbonyl (C=O) groups is 1. The van der Waals surface area contributed by atoms with Gasteiger partial charge >= 0.3 is 6.09 Å². The van der Waals surface area contributed by atoms with Crippen molar-refractivity contribution in [3.8, 4) is 6.07 Å². The normalized spacial score (nSPS) is 23.5. The number of rotatable bonds is 1. The molecule has 146 valence electrons. The molecule has 2 fully saturated rings. The lowest BCUT2D eigenvalue weighted by atomic mass is 9.96. The summed E-state index contributed by atoms with van der Waals surface area (Å²) in [5.74, 6) is -0.501. The second-order valence-corrected chi connectivity index (χ2v) is 8.15. The lowest BCUT2D eigenvalue weighted by molar-refractivity contribution is -0.0908. The predicted octanol–water partition coefficient (Wildman–Crippen LogP) is 3.00. The average molecular weight is 375 g/mol. The minimum absolute atomic E-state index is 0.0768. The van der Waals surface area contributed by atoms with Gasteiger partial charge in [-0.2, -0.15) is 5.26 Å². The summed E-state index contributed by atoms with van der Waals surface area (Å²) in [6, 6.07) is 5.08. The van der Waals surface area contributed by atoms with Crippen molar-refractivity contribution in [2.24, 2.45) is 0 Å². The topological polar surface area (TPSA) is 65.8 Å². The molecular weight excluding hydrogens is 349 g/mol. The van der Waals surface area contributed by atoms with Gasteiger partial charge in [0.1, 0.15) is 17.5 Å². The lowest BCUT2D eigenvalue weighted by Crippen LogP contribution is -2.60. The molecular formula is C20H26FN3O3. The van der Waals surface area contributed by atoms with Crippen LogP contribution in [0.5, 0.6) is 0 Å². The van der Waals surface area contributed by atoms with Gasteiger partial charge in [0.2, 0.25) is 0 Å². The van der Waals surface area contributed by atoms with E-state index in [0.29, 0.717) is 31.8 Å². The van der Waals surface area contributed by atoms with Crippen LogP contribution in [0.2, 0.25) is 0 Å². The van der Waals surface area contributed by atoms with Crippen molar-refractivity contribution in [3.63, 3.8) is 0 Å². The zero-order chi connectivity index (χ0) is 19.8. The number of hydrogen-bond acceptors (Lipinski definition) is 5. The molecule has 2 aliphatic rings. The lowest BCUT2D eigenvalue weighted by Gasteiger charge is -2.46. The van der Waals surface area contributed by atoms with E-state index in [1.165, 1.54) is 6.07 Å². The summed E-state index contributed by atoms with van der Waals surface area (Å²) in [7, 11) is 0. The highest BCUT2D eigenvalue weighted by atomic mass is 19.1. The molecule has 1 aromatic carbocycles. The number of fused-ring (bicyclic) bond motifs is 1. The van der Waals surface area contributed by atoms with Gasteiger partial charge in [-0.15, -0.1) is 0 Å². The number of nitrogens with zero attached hydrogens (tertiary/aromatic N) is 3. The predicted molar refractivity (Wildman–Crippen MR) is 97.7 cm³/mol. The Morgan fingerprint density at radius 1 is 1.33 bits per heavy atom. The smallest absolute Gasteiger partial charge is 0.410 e. The molecule has 2 heterocycles. The number of nitriles is 1. The van der Waals surface area contributed by atoms with E-state index in [1.54, 1.807) is 17.9 Å². The molecule has 2 aliphatic heterocycles. The van der Waals surface area contributed by atoms with Crippen molar-refractivity contribution in [3.05, 3.63) is 34.6 Å². The Bertz CT molecular complexity index is 769. The zero-order valence-electron chi connectivity index (χ0n) is 16.3. The minimum atomic E-state index is -0.513. The summed E-state index contributed by atoms with van der Waals surface area (Å²) >= 11 is 0. The average Bonchev–Trinajstić information content (AvgIpc) is 2.60. The molecule has 0 saturated carbocycles. The van der Waals surface area contributed by atoms with E-state index < -0.39 is 11.4 Å². The highest BCUT2D eigenvalue weighted by Gasteiger charge is 2.37. The maximum Gasteiger partial charge on any atom is 0.410 e. The van der Waals surface area contributed by atoms with Crippen LogP contribution in [0, 0.1) is 24.1 Å². The fourth-order valence-corrected chi connectivity index (χ4v) is 3.65. The second-order valence-electron chi connectivity index (χ2n) is 8.15. The summed E-state index contributed by atoms with van der Waals surface area (Å²) in [5, 5.41) is 9.18. The van der Waals surface area contributed by atoms with E-state index in [0.717, 1.165) is 12.1 Å². The molecule has 7 heteroatoms. The van der Waals surface area contributed by atoms with Gasteiger partial charge in [0.25, 0.3) is 0 Å². The Morgan fingerprint density at radius 3 is 2.74 bits per heavy atom. The van der Waals surface area contributed by atoms with Crippen LogP contribution in [0.1, 0.15) is 43.6 Å². The first kappa shape index (κ1) is 19.6. The molecule has 0 N–H and O–H groups in total. The van der Waals surface area contributed by atoms with Crippen molar-refractivity contribution in [1.82, 2.24) is 9.80 Å². The molecule has 0 aromatic heterocycles. The highest BCUT2D eigenvalue weighted by Crippen LogP contribution is 2.31. The van der Waals surface area contributed by atoms with Crippen LogP contribution in [0.25, 0.3) is 0 Å². The van der Waals surface area contributed by atoms with Crippen molar-refractivity contribution < 1.29 is 18.7 Å². The van der Waals surface area contributed by atoms with Gasteiger partial charge in [-0.25, -0.2) is 9.18 Å². The number of amides is 1. The number of piperazine rings is 1. The van der Waals surface area contributed by atoms with Crippen molar-refractivity contribution >= 4 is 6.09 Å². The highest BCUT2D eigenvalue weighted by molar-refractivity contribution is 5.68. The van der Waals surface area contributed by atoms with Crippen LogP contribution in [0.3, 0.4) is 0 Å². The van der Waals surface area contributed by atoms with Gasteiger partial charge in [0, 0.05) is 26.2 Å². The van der Waals surface area contributed by atoms with E-state index in [1.807, 2.05) is 26.8 Å². The quantitative estimate of drug-likeness (QED) is 0.755. The van der Waals surface area contributed by atoms with Crippen molar-refractivity contribution in [2.45, 2.75) is 45.4 Å². The number of ether oxygens (including phenoxy) is 2. The third-order valence-electron chi connectivity index (χ3n) is 5.06. The summed E-state index contributed by atoms with van der Waals surface area (Å²) in [6.45, 7) is 10.4. The number of hydrogen-bond donors (Lipinski definition) is 0. The van der Waals surface area contributed by atoms with Crippen LogP contribution in [-0.2, 0) is 9.47 Å². The fourth-order valence-electron chi connectivity index (χ4n) is 3.65. The Labute approximate surface area is 159 Å². The Hall–Kier alpha value is -2.17. The standard InChI is InChI=1S/C20H26FN3O3/c1-13-15(5-6-17(21)16(13)9-22)18-11-23-7-8-24(10-14(23)12-26-18)19(25)27-20(2,3)4/h5-6,14,18H,7-8,10-12H2,1-4H3/t14-,18+/m0/s1. The monoisotopic (exact) mass is 375 g/mol. The molecule has 1 amide bonds. The first-order valence-electron chi connectivity index (χ1n) is 9.22. The van der Waals surface area contributed by atoms with Crippen LogP contribution >= 0.6 is 0 Å².